The highest BCUT2D eigenvalue weighted by Crippen LogP contribution is 2.31. The Kier molecular flexibility index (Phi) is 5.75. The molecule has 2 rings (SSSR count). The molecule has 2 aromatic rings. The van der Waals surface area contributed by atoms with Gasteiger partial charge >= 0.3 is 5.97 Å². The lowest BCUT2D eigenvalue weighted by Gasteiger charge is -2.24. The van der Waals surface area contributed by atoms with Gasteiger partial charge < -0.3 is 5.11 Å². The first kappa shape index (κ1) is 18.4. The molecule has 1 N–H and O–H groups in total. The molecule has 0 fully saturated rings. The molecule has 2 unspecified atom stereocenters. The number of carbonyl (C=O) groups is 3. The van der Waals surface area contributed by atoms with Gasteiger partial charge in [0, 0.05) is 23.9 Å². The van der Waals surface area contributed by atoms with Gasteiger partial charge in [-0.3, -0.25) is 19.4 Å². The summed E-state index contributed by atoms with van der Waals surface area (Å²) < 4.78 is 13.1. The van der Waals surface area contributed by atoms with E-state index in [1.165, 1.54) is 36.7 Å². The van der Waals surface area contributed by atoms with Crippen LogP contribution in [0.5, 0.6) is 0 Å². The van der Waals surface area contributed by atoms with Gasteiger partial charge in [-0.1, -0.05) is 13.8 Å². The Morgan fingerprint density at radius 3 is 2.04 bits per heavy atom. The van der Waals surface area contributed by atoms with Crippen molar-refractivity contribution in [2.24, 2.45) is 11.8 Å². The average molecular weight is 343 g/mol. The Morgan fingerprint density at radius 2 is 1.56 bits per heavy atom. The highest BCUT2D eigenvalue weighted by atomic mass is 19.1. The van der Waals surface area contributed by atoms with Crippen LogP contribution in [0.4, 0.5) is 4.39 Å². The first-order valence-electron chi connectivity index (χ1n) is 7.79. The normalized spacial score (nSPS) is 13.3. The van der Waals surface area contributed by atoms with Crippen LogP contribution in [-0.2, 0) is 9.59 Å². The Hall–Kier alpha value is -2.89. The lowest BCUT2D eigenvalue weighted by molar-refractivity contribution is -0.147. The summed E-state index contributed by atoms with van der Waals surface area (Å²) in [5.41, 5.74) is 0.525. The zero-order chi connectivity index (χ0) is 18.6. The third kappa shape index (κ3) is 4.15. The van der Waals surface area contributed by atoms with Gasteiger partial charge in [-0.15, -0.1) is 0 Å². The van der Waals surface area contributed by atoms with E-state index in [4.69, 9.17) is 0 Å². The van der Waals surface area contributed by atoms with Crippen molar-refractivity contribution < 1.29 is 23.9 Å². The molecule has 0 saturated carbocycles. The number of carboxylic acid groups (broad SMARTS) is 1. The van der Waals surface area contributed by atoms with Crippen molar-refractivity contribution in [2.75, 3.05) is 0 Å². The minimum atomic E-state index is -1.53. The lowest BCUT2D eigenvalue weighted by Crippen LogP contribution is -2.36. The molecule has 130 valence electrons. The zero-order valence-corrected chi connectivity index (χ0v) is 13.8. The molecule has 6 heteroatoms. The number of nitrogens with zero attached hydrogens (tertiary/aromatic N) is 1. The number of hydrogen-bond acceptors (Lipinski definition) is 4. The summed E-state index contributed by atoms with van der Waals surface area (Å²) >= 11 is 0. The lowest BCUT2D eigenvalue weighted by atomic mass is 9.76. The third-order valence-electron chi connectivity index (χ3n) is 3.95. The van der Waals surface area contributed by atoms with Crippen molar-refractivity contribution in [3.63, 3.8) is 0 Å². The fourth-order valence-corrected chi connectivity index (χ4v) is 2.65. The van der Waals surface area contributed by atoms with E-state index in [-0.39, 0.29) is 5.56 Å². The van der Waals surface area contributed by atoms with Crippen LogP contribution in [0.2, 0.25) is 0 Å². The first-order valence-corrected chi connectivity index (χ1v) is 7.79. The van der Waals surface area contributed by atoms with Gasteiger partial charge in [-0.25, -0.2) is 4.39 Å². The van der Waals surface area contributed by atoms with Gasteiger partial charge in [0.1, 0.15) is 11.7 Å². The van der Waals surface area contributed by atoms with Crippen molar-refractivity contribution in [1.29, 1.82) is 0 Å². The predicted octanol–water partition coefficient (Wildman–Crippen LogP) is 3.11. The van der Waals surface area contributed by atoms with Crippen LogP contribution in [-0.4, -0.2) is 27.6 Å². The van der Waals surface area contributed by atoms with Crippen molar-refractivity contribution in [3.8, 4) is 0 Å². The smallest absolute Gasteiger partial charge is 0.315 e. The zero-order valence-electron chi connectivity index (χ0n) is 13.8. The topological polar surface area (TPSA) is 84.3 Å². The molecule has 0 radical (unpaired) electrons. The number of hydrogen-bond donors (Lipinski definition) is 1. The van der Waals surface area contributed by atoms with E-state index < -0.39 is 41.1 Å². The summed E-state index contributed by atoms with van der Waals surface area (Å²) in [6.07, 6.45) is 2.86. The van der Waals surface area contributed by atoms with Gasteiger partial charge in [0.05, 0.1) is 5.92 Å². The molecular weight excluding hydrogens is 325 g/mol. The van der Waals surface area contributed by atoms with Gasteiger partial charge in [0.2, 0.25) is 0 Å². The van der Waals surface area contributed by atoms with Crippen LogP contribution in [0.1, 0.15) is 35.7 Å². The van der Waals surface area contributed by atoms with Crippen LogP contribution >= 0.6 is 0 Å². The van der Waals surface area contributed by atoms with E-state index in [0.717, 1.165) is 12.1 Å². The maximum atomic E-state index is 13.1. The van der Waals surface area contributed by atoms with E-state index >= 15 is 0 Å². The van der Waals surface area contributed by atoms with Crippen molar-refractivity contribution in [3.05, 3.63) is 65.7 Å². The van der Waals surface area contributed by atoms with Gasteiger partial charge in [-0.2, -0.15) is 0 Å². The highest BCUT2D eigenvalue weighted by Gasteiger charge is 2.41. The van der Waals surface area contributed by atoms with Crippen LogP contribution in [0, 0.1) is 17.7 Å². The number of pyridine rings is 1. The number of aliphatic carboxylic acids is 1. The summed E-state index contributed by atoms with van der Waals surface area (Å²) in [5.74, 6) is -6.24. The maximum absolute atomic E-state index is 13.1. The molecule has 25 heavy (non-hydrogen) atoms. The van der Waals surface area contributed by atoms with Crippen molar-refractivity contribution in [1.82, 2.24) is 4.98 Å². The minimum absolute atomic E-state index is 0.144. The molecule has 1 aromatic heterocycles. The third-order valence-corrected chi connectivity index (χ3v) is 3.95. The van der Waals surface area contributed by atoms with E-state index in [1.807, 2.05) is 0 Å². The van der Waals surface area contributed by atoms with Crippen molar-refractivity contribution in [2.45, 2.75) is 19.8 Å². The standard InChI is InChI=1S/C19H18FNO4/c1-11(2)17(22)16(19(24)25)15(12-7-9-21-10-8-12)18(23)13-3-5-14(20)6-4-13/h3-11,15-16H,1-2H3,(H,24,25). The van der Waals surface area contributed by atoms with E-state index in [1.54, 1.807) is 13.8 Å². The summed E-state index contributed by atoms with van der Waals surface area (Å²) in [6.45, 7) is 3.18. The quantitative estimate of drug-likeness (QED) is 0.617. The van der Waals surface area contributed by atoms with E-state index in [9.17, 15) is 23.9 Å². The Labute approximate surface area is 144 Å². The number of ketones is 2. The fraction of sp³-hybridized carbons (Fsp3) is 0.263. The summed E-state index contributed by atoms with van der Waals surface area (Å²) in [4.78, 5) is 41.1. The van der Waals surface area contributed by atoms with Gasteiger partial charge in [0.25, 0.3) is 0 Å². The number of halogens is 1. The number of aromatic nitrogens is 1. The monoisotopic (exact) mass is 343 g/mol. The Balaban J connectivity index is 2.56. The largest absolute Gasteiger partial charge is 0.481 e. The molecule has 0 aliphatic rings. The molecule has 5 nitrogen and oxygen atoms in total. The van der Waals surface area contributed by atoms with Crippen LogP contribution < -0.4 is 0 Å². The molecule has 1 aromatic carbocycles. The Bertz CT molecular complexity index is 772. The molecule has 0 saturated heterocycles. The molecule has 0 amide bonds. The first-order chi connectivity index (χ1) is 11.8. The number of benzene rings is 1. The predicted molar refractivity (Wildman–Crippen MR) is 88.7 cm³/mol. The molecule has 0 aliphatic carbocycles. The highest BCUT2D eigenvalue weighted by molar-refractivity contribution is 6.10. The molecule has 2 atom stereocenters. The second-order valence-corrected chi connectivity index (χ2v) is 6.00. The Morgan fingerprint density at radius 1 is 1.00 bits per heavy atom. The van der Waals surface area contributed by atoms with Crippen LogP contribution in [0.25, 0.3) is 0 Å². The van der Waals surface area contributed by atoms with Gasteiger partial charge in [-0.05, 0) is 42.0 Å². The van der Waals surface area contributed by atoms with Crippen LogP contribution in [0.15, 0.2) is 48.8 Å². The molecule has 0 spiro atoms. The van der Waals surface area contributed by atoms with Gasteiger partial charge in [0.15, 0.2) is 11.6 Å². The second-order valence-electron chi connectivity index (χ2n) is 6.00. The van der Waals surface area contributed by atoms with Crippen LogP contribution in [0.3, 0.4) is 0 Å². The average Bonchev–Trinajstić information content (AvgIpc) is 2.59. The van der Waals surface area contributed by atoms with Crippen molar-refractivity contribution >= 4 is 17.5 Å². The van der Waals surface area contributed by atoms with E-state index in [0.29, 0.717) is 5.56 Å². The summed E-state index contributed by atoms with van der Waals surface area (Å²) in [5, 5.41) is 9.62. The molecule has 1 heterocycles. The molecular formula is C19H18FNO4. The second kappa shape index (κ2) is 7.79. The summed E-state index contributed by atoms with van der Waals surface area (Å²) in [6, 6.07) is 7.83. The molecule has 0 aliphatic heterocycles. The number of carbonyl (C=O) groups excluding carboxylic acids is 2. The fourth-order valence-electron chi connectivity index (χ4n) is 2.65. The molecule has 0 bridgehead atoms. The van der Waals surface area contributed by atoms with E-state index in [2.05, 4.69) is 4.98 Å². The SMILES string of the molecule is CC(C)C(=O)C(C(=O)O)C(C(=O)c1ccc(F)cc1)c1ccncc1. The number of carboxylic acids is 1. The summed E-state index contributed by atoms with van der Waals surface area (Å²) in [7, 11) is 0. The number of rotatable bonds is 7. The minimum Gasteiger partial charge on any atom is -0.481 e. The maximum Gasteiger partial charge on any atom is 0.315 e. The number of Topliss-reactive ketones (excluding diaryl/α,β-unsaturated/α-hetero) is 2.